The number of hydrogen-bond acceptors (Lipinski definition) is 4. The second-order valence-corrected chi connectivity index (χ2v) is 6.66. The molecule has 0 saturated heterocycles. The first-order chi connectivity index (χ1) is 13.5. The molecule has 6 heteroatoms. The smallest absolute Gasteiger partial charge is 0.274 e. The van der Waals surface area contributed by atoms with Crippen molar-refractivity contribution in [2.75, 3.05) is 5.32 Å². The summed E-state index contributed by atoms with van der Waals surface area (Å²) in [7, 11) is 0. The molecule has 3 rings (SSSR count). The Morgan fingerprint density at radius 2 is 1.71 bits per heavy atom. The summed E-state index contributed by atoms with van der Waals surface area (Å²) in [5.74, 6) is -0.229. The predicted octanol–water partition coefficient (Wildman–Crippen LogP) is 3.78. The molecule has 0 aliphatic heterocycles. The number of carbonyl (C=O) groups is 2. The van der Waals surface area contributed by atoms with Crippen LogP contribution in [-0.2, 0) is 6.54 Å². The van der Waals surface area contributed by atoms with Crippen LogP contribution < -0.4 is 10.6 Å². The molecule has 2 aromatic heterocycles. The summed E-state index contributed by atoms with van der Waals surface area (Å²) >= 11 is 0. The molecule has 0 aliphatic rings. The first-order valence-electron chi connectivity index (χ1n) is 9.08. The van der Waals surface area contributed by atoms with Crippen LogP contribution in [0.25, 0.3) is 0 Å². The van der Waals surface area contributed by atoms with Crippen molar-refractivity contribution in [3.63, 3.8) is 0 Å². The van der Waals surface area contributed by atoms with Crippen LogP contribution in [0.1, 0.15) is 51.9 Å². The zero-order chi connectivity index (χ0) is 19.9. The molecule has 2 heterocycles. The van der Waals surface area contributed by atoms with E-state index in [0.717, 1.165) is 5.69 Å². The molecule has 0 bridgehead atoms. The Kier molecular flexibility index (Phi) is 6.11. The number of benzene rings is 1. The summed E-state index contributed by atoms with van der Waals surface area (Å²) in [6, 6.07) is 16.2. The molecule has 2 amide bonds. The summed E-state index contributed by atoms with van der Waals surface area (Å²) in [5.41, 5.74) is 3.18. The molecule has 2 N–H and O–H groups in total. The monoisotopic (exact) mass is 374 g/mol. The van der Waals surface area contributed by atoms with Gasteiger partial charge in [-0.1, -0.05) is 32.0 Å². The number of aromatic nitrogens is 2. The van der Waals surface area contributed by atoms with Crippen molar-refractivity contribution in [1.82, 2.24) is 15.3 Å². The molecule has 3 aromatic rings. The minimum atomic E-state index is -0.364. The molecule has 0 spiro atoms. The first-order valence-corrected chi connectivity index (χ1v) is 9.08. The highest BCUT2D eigenvalue weighted by Gasteiger charge is 2.12. The van der Waals surface area contributed by atoms with E-state index in [1.54, 1.807) is 12.3 Å². The molecular formula is C22H22N4O2. The number of rotatable bonds is 6. The normalized spacial score (nSPS) is 10.5. The van der Waals surface area contributed by atoms with Crippen molar-refractivity contribution < 1.29 is 9.59 Å². The zero-order valence-electron chi connectivity index (χ0n) is 15.8. The van der Waals surface area contributed by atoms with Gasteiger partial charge in [-0.2, -0.15) is 0 Å². The standard InChI is InChI=1S/C22H22N4O2/c1-15(2)16-6-8-18(9-7-16)26-22(28)20-13-17(10-12-24-20)21(27)25-14-19-5-3-4-11-23-19/h3-13,15H,14H2,1-2H3,(H,25,27)(H,26,28). The fourth-order valence-corrected chi connectivity index (χ4v) is 2.62. The topological polar surface area (TPSA) is 84.0 Å². The van der Waals surface area contributed by atoms with E-state index in [1.807, 2.05) is 42.5 Å². The molecule has 6 nitrogen and oxygen atoms in total. The van der Waals surface area contributed by atoms with Crippen molar-refractivity contribution in [2.45, 2.75) is 26.3 Å². The van der Waals surface area contributed by atoms with Crippen molar-refractivity contribution in [2.24, 2.45) is 0 Å². The van der Waals surface area contributed by atoms with E-state index in [-0.39, 0.29) is 17.5 Å². The van der Waals surface area contributed by atoms with Gasteiger partial charge in [0, 0.05) is 23.6 Å². The SMILES string of the molecule is CC(C)c1ccc(NC(=O)c2cc(C(=O)NCc3ccccn3)ccn2)cc1. The van der Waals surface area contributed by atoms with Gasteiger partial charge in [-0.3, -0.25) is 19.6 Å². The van der Waals surface area contributed by atoms with Gasteiger partial charge in [0.05, 0.1) is 12.2 Å². The van der Waals surface area contributed by atoms with Gasteiger partial charge in [0.2, 0.25) is 0 Å². The van der Waals surface area contributed by atoms with E-state index in [4.69, 9.17) is 0 Å². The van der Waals surface area contributed by atoms with Crippen LogP contribution in [0.15, 0.2) is 67.0 Å². The van der Waals surface area contributed by atoms with Gasteiger partial charge in [0.25, 0.3) is 11.8 Å². The molecule has 0 radical (unpaired) electrons. The quantitative estimate of drug-likeness (QED) is 0.688. The average Bonchev–Trinajstić information content (AvgIpc) is 2.73. The van der Waals surface area contributed by atoms with Gasteiger partial charge in [-0.15, -0.1) is 0 Å². The number of nitrogens with zero attached hydrogens (tertiary/aromatic N) is 2. The summed E-state index contributed by atoms with van der Waals surface area (Å²) in [4.78, 5) is 33.1. The Hall–Kier alpha value is -3.54. The highest BCUT2D eigenvalue weighted by molar-refractivity contribution is 6.04. The molecule has 142 valence electrons. The lowest BCUT2D eigenvalue weighted by atomic mass is 10.0. The van der Waals surface area contributed by atoms with Crippen LogP contribution in [0.3, 0.4) is 0 Å². The Labute approximate surface area is 164 Å². The number of amides is 2. The van der Waals surface area contributed by atoms with Crippen LogP contribution >= 0.6 is 0 Å². The van der Waals surface area contributed by atoms with Crippen molar-refractivity contribution in [3.05, 3.63) is 89.5 Å². The lowest BCUT2D eigenvalue weighted by Crippen LogP contribution is -2.24. The van der Waals surface area contributed by atoms with Crippen molar-refractivity contribution >= 4 is 17.5 Å². The Bertz CT molecular complexity index is 954. The average molecular weight is 374 g/mol. The third kappa shape index (κ3) is 5.01. The maximum Gasteiger partial charge on any atom is 0.274 e. The maximum absolute atomic E-state index is 12.5. The molecule has 0 fully saturated rings. The Morgan fingerprint density at radius 3 is 2.39 bits per heavy atom. The summed E-state index contributed by atoms with van der Waals surface area (Å²) in [6.45, 7) is 4.54. The lowest BCUT2D eigenvalue weighted by molar-refractivity contribution is 0.0950. The van der Waals surface area contributed by atoms with E-state index in [1.165, 1.54) is 17.8 Å². The molecule has 0 saturated carbocycles. The zero-order valence-corrected chi connectivity index (χ0v) is 15.8. The van der Waals surface area contributed by atoms with Gasteiger partial charge in [0.1, 0.15) is 5.69 Å². The van der Waals surface area contributed by atoms with Crippen LogP contribution in [0.2, 0.25) is 0 Å². The summed E-state index contributed by atoms with van der Waals surface area (Å²) < 4.78 is 0. The van der Waals surface area contributed by atoms with Gasteiger partial charge in [0.15, 0.2) is 0 Å². The summed E-state index contributed by atoms with van der Waals surface area (Å²) in [6.07, 6.45) is 3.12. The van der Waals surface area contributed by atoms with Gasteiger partial charge < -0.3 is 10.6 Å². The largest absolute Gasteiger partial charge is 0.346 e. The van der Waals surface area contributed by atoms with Crippen LogP contribution in [-0.4, -0.2) is 21.8 Å². The van der Waals surface area contributed by atoms with E-state index >= 15 is 0 Å². The molecule has 0 unspecified atom stereocenters. The highest BCUT2D eigenvalue weighted by Crippen LogP contribution is 2.17. The molecular weight excluding hydrogens is 352 g/mol. The number of nitrogens with one attached hydrogen (secondary N) is 2. The van der Waals surface area contributed by atoms with Crippen LogP contribution in [0, 0.1) is 0 Å². The van der Waals surface area contributed by atoms with E-state index in [2.05, 4.69) is 34.4 Å². The van der Waals surface area contributed by atoms with E-state index in [0.29, 0.717) is 23.7 Å². The first kappa shape index (κ1) is 19.2. The minimum Gasteiger partial charge on any atom is -0.346 e. The van der Waals surface area contributed by atoms with Crippen LogP contribution in [0.4, 0.5) is 5.69 Å². The third-order valence-electron chi connectivity index (χ3n) is 4.25. The minimum absolute atomic E-state index is 0.179. The van der Waals surface area contributed by atoms with E-state index in [9.17, 15) is 9.59 Å². The molecule has 0 atom stereocenters. The second kappa shape index (κ2) is 8.90. The van der Waals surface area contributed by atoms with E-state index < -0.39 is 0 Å². The predicted molar refractivity (Wildman–Crippen MR) is 108 cm³/mol. The molecule has 1 aromatic carbocycles. The number of hydrogen-bond donors (Lipinski definition) is 2. The fourth-order valence-electron chi connectivity index (χ4n) is 2.62. The maximum atomic E-state index is 12.5. The van der Waals surface area contributed by atoms with Gasteiger partial charge in [-0.25, -0.2) is 0 Å². The van der Waals surface area contributed by atoms with Gasteiger partial charge in [-0.05, 0) is 47.9 Å². The van der Waals surface area contributed by atoms with Gasteiger partial charge >= 0.3 is 0 Å². The fraction of sp³-hybridized carbons (Fsp3) is 0.182. The van der Waals surface area contributed by atoms with Crippen molar-refractivity contribution in [3.8, 4) is 0 Å². The Balaban J connectivity index is 1.64. The number of carbonyl (C=O) groups excluding carboxylic acids is 2. The molecule has 28 heavy (non-hydrogen) atoms. The summed E-state index contributed by atoms with van der Waals surface area (Å²) in [5, 5.41) is 5.59. The molecule has 0 aliphatic carbocycles. The number of anilines is 1. The second-order valence-electron chi connectivity index (χ2n) is 6.66. The lowest BCUT2D eigenvalue weighted by Gasteiger charge is -2.09. The number of pyridine rings is 2. The Morgan fingerprint density at radius 1 is 0.929 bits per heavy atom. The highest BCUT2D eigenvalue weighted by atomic mass is 16.2. The van der Waals surface area contributed by atoms with Crippen LogP contribution in [0.5, 0.6) is 0 Å². The van der Waals surface area contributed by atoms with Crippen molar-refractivity contribution in [1.29, 1.82) is 0 Å². The third-order valence-corrected chi connectivity index (χ3v) is 4.25.